The van der Waals surface area contributed by atoms with Crippen LogP contribution in [-0.4, -0.2) is 9.55 Å². The summed E-state index contributed by atoms with van der Waals surface area (Å²) in [6.07, 6.45) is -1.42. The van der Waals surface area contributed by atoms with Crippen LogP contribution in [-0.2, 0) is 6.18 Å². The molecule has 0 spiro atoms. The molecule has 4 aromatic rings. The van der Waals surface area contributed by atoms with E-state index in [9.17, 15) is 18.0 Å². The van der Waals surface area contributed by atoms with Gasteiger partial charge in [-0.2, -0.15) is 13.2 Å². The van der Waals surface area contributed by atoms with E-state index in [1.807, 2.05) is 6.92 Å². The molecule has 1 aromatic heterocycles. The zero-order valence-electron chi connectivity index (χ0n) is 16.3. The molecule has 0 atom stereocenters. The quantitative estimate of drug-likeness (QED) is 0.362. The number of hydrogen-bond donors (Lipinski definition) is 0. The molecule has 4 rings (SSSR count). The van der Waals surface area contributed by atoms with E-state index in [0.717, 1.165) is 17.7 Å². The minimum absolute atomic E-state index is 0.279. The van der Waals surface area contributed by atoms with E-state index in [2.05, 4.69) is 4.98 Å². The first-order chi connectivity index (χ1) is 14.7. The lowest BCUT2D eigenvalue weighted by Crippen LogP contribution is -2.22. The Kier molecular flexibility index (Phi) is 5.41. The van der Waals surface area contributed by atoms with E-state index in [4.69, 9.17) is 11.6 Å². The number of fused-ring (bicyclic) bond motifs is 1. The van der Waals surface area contributed by atoms with Gasteiger partial charge in [0, 0.05) is 5.02 Å². The van der Waals surface area contributed by atoms with Gasteiger partial charge in [-0.15, -0.1) is 0 Å². The number of alkyl halides is 3. The lowest BCUT2D eigenvalue weighted by molar-refractivity contribution is -0.137. The minimum Gasteiger partial charge on any atom is -0.268 e. The maximum Gasteiger partial charge on any atom is 0.416 e. The largest absolute Gasteiger partial charge is 0.416 e. The fraction of sp³-hybridized carbons (Fsp3) is 0.0833. The van der Waals surface area contributed by atoms with Crippen LogP contribution < -0.4 is 5.56 Å². The van der Waals surface area contributed by atoms with Gasteiger partial charge in [-0.25, -0.2) is 4.98 Å². The summed E-state index contributed by atoms with van der Waals surface area (Å²) >= 11 is 6.26. The fourth-order valence-electron chi connectivity index (χ4n) is 3.22. The van der Waals surface area contributed by atoms with E-state index in [-0.39, 0.29) is 11.4 Å². The Morgan fingerprint density at radius 1 is 0.968 bits per heavy atom. The van der Waals surface area contributed by atoms with Crippen molar-refractivity contribution < 1.29 is 13.2 Å². The van der Waals surface area contributed by atoms with E-state index >= 15 is 0 Å². The highest BCUT2D eigenvalue weighted by Gasteiger charge is 2.30. The molecular weight excluding hydrogens is 425 g/mol. The summed E-state index contributed by atoms with van der Waals surface area (Å²) in [6.45, 7) is 1.85. The van der Waals surface area contributed by atoms with Crippen molar-refractivity contribution in [1.29, 1.82) is 0 Å². The Morgan fingerprint density at radius 2 is 1.74 bits per heavy atom. The van der Waals surface area contributed by atoms with Gasteiger partial charge in [0.25, 0.3) is 5.56 Å². The van der Waals surface area contributed by atoms with E-state index < -0.39 is 11.7 Å². The van der Waals surface area contributed by atoms with Crippen LogP contribution in [0, 0.1) is 6.92 Å². The van der Waals surface area contributed by atoms with Crippen molar-refractivity contribution in [1.82, 2.24) is 9.55 Å². The number of nitrogens with zero attached hydrogens (tertiary/aromatic N) is 2. The number of hydrogen-bond acceptors (Lipinski definition) is 2. The maximum absolute atomic E-state index is 13.2. The lowest BCUT2D eigenvalue weighted by Gasteiger charge is -2.12. The molecule has 3 nitrogen and oxygen atoms in total. The number of rotatable bonds is 3. The molecule has 0 N–H and O–H groups in total. The average molecular weight is 441 g/mol. The summed E-state index contributed by atoms with van der Waals surface area (Å²) in [4.78, 5) is 17.8. The number of benzene rings is 3. The summed E-state index contributed by atoms with van der Waals surface area (Å²) < 4.78 is 40.5. The lowest BCUT2D eigenvalue weighted by atomic mass is 10.1. The van der Waals surface area contributed by atoms with Crippen LogP contribution in [0.3, 0.4) is 0 Å². The van der Waals surface area contributed by atoms with Gasteiger partial charge in [0.15, 0.2) is 0 Å². The summed E-state index contributed by atoms with van der Waals surface area (Å²) in [5.74, 6) is 0.279. The summed E-state index contributed by atoms with van der Waals surface area (Å²) in [7, 11) is 0. The number of para-hydroxylation sites is 1. The molecular formula is C24H16ClF3N2O. The predicted molar refractivity (Wildman–Crippen MR) is 117 cm³/mol. The van der Waals surface area contributed by atoms with Crippen LogP contribution >= 0.6 is 11.6 Å². The molecule has 156 valence electrons. The van der Waals surface area contributed by atoms with Crippen molar-refractivity contribution >= 4 is 34.7 Å². The second-order valence-corrected chi connectivity index (χ2v) is 7.42. The van der Waals surface area contributed by atoms with Crippen molar-refractivity contribution in [3.05, 3.63) is 105 Å². The Hall–Kier alpha value is -3.38. The Balaban J connectivity index is 1.90. The van der Waals surface area contributed by atoms with Gasteiger partial charge in [0.2, 0.25) is 0 Å². The van der Waals surface area contributed by atoms with Crippen LogP contribution in [0.5, 0.6) is 0 Å². The molecule has 0 fully saturated rings. The van der Waals surface area contributed by atoms with E-state index in [1.165, 1.54) is 22.8 Å². The third-order valence-electron chi connectivity index (χ3n) is 4.85. The molecule has 0 amide bonds. The smallest absolute Gasteiger partial charge is 0.268 e. The average Bonchev–Trinajstić information content (AvgIpc) is 2.74. The molecule has 0 aliphatic heterocycles. The molecule has 31 heavy (non-hydrogen) atoms. The second-order valence-electron chi connectivity index (χ2n) is 7.02. The second kappa shape index (κ2) is 8.04. The summed E-state index contributed by atoms with van der Waals surface area (Å²) in [6, 6.07) is 17.1. The van der Waals surface area contributed by atoms with Crippen LogP contribution in [0.4, 0.5) is 13.2 Å². The van der Waals surface area contributed by atoms with Crippen molar-refractivity contribution in [3.8, 4) is 5.69 Å². The zero-order chi connectivity index (χ0) is 22.2. The monoisotopic (exact) mass is 440 g/mol. The van der Waals surface area contributed by atoms with Crippen molar-refractivity contribution in [3.63, 3.8) is 0 Å². The maximum atomic E-state index is 13.2. The van der Waals surface area contributed by atoms with Gasteiger partial charge in [-0.05, 0) is 60.5 Å². The number of halogens is 4. The highest BCUT2D eigenvalue weighted by Crippen LogP contribution is 2.30. The molecule has 1 heterocycles. The highest BCUT2D eigenvalue weighted by atomic mass is 35.5. The van der Waals surface area contributed by atoms with Gasteiger partial charge in [0.1, 0.15) is 5.82 Å². The predicted octanol–water partition coefficient (Wildman–Crippen LogP) is 6.54. The Labute approximate surface area is 181 Å². The van der Waals surface area contributed by atoms with Crippen LogP contribution in [0.15, 0.2) is 71.5 Å². The van der Waals surface area contributed by atoms with E-state index in [1.54, 1.807) is 48.5 Å². The molecule has 0 unspecified atom stereocenters. The van der Waals surface area contributed by atoms with Gasteiger partial charge < -0.3 is 0 Å². The first-order valence-electron chi connectivity index (χ1n) is 9.38. The third-order valence-corrected chi connectivity index (χ3v) is 5.26. The Bertz CT molecular complexity index is 1370. The van der Waals surface area contributed by atoms with Gasteiger partial charge >= 0.3 is 6.18 Å². The Morgan fingerprint density at radius 3 is 2.48 bits per heavy atom. The third kappa shape index (κ3) is 4.25. The molecule has 0 radical (unpaired) electrons. The SMILES string of the molecule is Cc1ccc(-n2c(/C=C\c3cccc(C(F)(F)F)c3)nc3ccccc3c2=O)cc1Cl. The first-order valence-corrected chi connectivity index (χ1v) is 9.75. The normalized spacial score (nSPS) is 12.0. The fourth-order valence-corrected chi connectivity index (χ4v) is 3.40. The summed E-state index contributed by atoms with van der Waals surface area (Å²) in [5.41, 5.74) is 1.16. The van der Waals surface area contributed by atoms with Crippen molar-refractivity contribution in [2.45, 2.75) is 13.1 Å². The van der Waals surface area contributed by atoms with E-state index in [0.29, 0.717) is 27.2 Å². The zero-order valence-corrected chi connectivity index (χ0v) is 17.1. The topological polar surface area (TPSA) is 34.9 Å². The number of aromatic nitrogens is 2. The minimum atomic E-state index is -4.44. The molecule has 0 aliphatic carbocycles. The molecule has 7 heteroatoms. The van der Waals surface area contributed by atoms with Crippen LogP contribution in [0.2, 0.25) is 5.02 Å². The van der Waals surface area contributed by atoms with Crippen molar-refractivity contribution in [2.75, 3.05) is 0 Å². The number of aryl methyl sites for hydroxylation is 1. The molecule has 0 saturated heterocycles. The highest BCUT2D eigenvalue weighted by molar-refractivity contribution is 6.31. The molecule has 0 saturated carbocycles. The molecule has 0 bridgehead atoms. The van der Waals surface area contributed by atoms with Crippen molar-refractivity contribution in [2.24, 2.45) is 0 Å². The standard InChI is InChI=1S/C24H16ClF3N2O/c1-15-9-11-18(14-20(15)25)30-22(29-21-8-3-2-7-19(21)23(30)31)12-10-16-5-4-6-17(13-16)24(26,27)28/h2-14H,1H3/b12-10-. The van der Waals surface area contributed by atoms with Crippen LogP contribution in [0.25, 0.3) is 28.7 Å². The molecule has 0 aliphatic rings. The summed E-state index contributed by atoms with van der Waals surface area (Å²) in [5, 5.41) is 0.917. The van der Waals surface area contributed by atoms with Gasteiger partial charge in [0.05, 0.1) is 22.2 Å². The first kappa shape index (κ1) is 20.9. The molecule has 3 aromatic carbocycles. The van der Waals surface area contributed by atoms with Gasteiger partial charge in [-0.3, -0.25) is 9.36 Å². The van der Waals surface area contributed by atoms with Crippen LogP contribution in [0.1, 0.15) is 22.5 Å². The van der Waals surface area contributed by atoms with Gasteiger partial charge in [-0.1, -0.05) is 48.0 Å².